The largest absolute Gasteiger partial charge is 0.481 e. The maximum absolute atomic E-state index is 12.5. The molecule has 2 rings (SSSR count). The first-order valence-electron chi connectivity index (χ1n) is 6.36. The van der Waals surface area contributed by atoms with E-state index in [1.54, 1.807) is 18.2 Å². The second kappa shape index (κ2) is 6.34. The molecule has 0 bridgehead atoms. The van der Waals surface area contributed by atoms with E-state index in [-0.39, 0.29) is 19.1 Å². The summed E-state index contributed by atoms with van der Waals surface area (Å²) in [5.74, 6) is -1.20. The first-order chi connectivity index (χ1) is 9.89. The van der Waals surface area contributed by atoms with E-state index in [0.717, 1.165) is 4.47 Å². The van der Waals surface area contributed by atoms with Gasteiger partial charge in [0.05, 0.1) is 17.2 Å². The number of halogens is 2. The summed E-state index contributed by atoms with van der Waals surface area (Å²) in [7, 11) is 1.46. The van der Waals surface area contributed by atoms with Gasteiger partial charge in [-0.15, -0.1) is 0 Å². The maximum atomic E-state index is 12.5. The Bertz CT molecular complexity index is 580. The molecule has 5 nitrogen and oxygen atoms in total. The van der Waals surface area contributed by atoms with Crippen molar-refractivity contribution in [2.75, 3.05) is 26.8 Å². The molecular weight excluding hydrogens is 362 g/mol. The fraction of sp³-hybridized carbons (Fsp3) is 0.429. The second-order valence-electron chi connectivity index (χ2n) is 5.12. The zero-order valence-electron chi connectivity index (χ0n) is 11.4. The molecule has 0 spiro atoms. The van der Waals surface area contributed by atoms with E-state index in [9.17, 15) is 14.7 Å². The normalized spacial score (nSPS) is 21.6. The summed E-state index contributed by atoms with van der Waals surface area (Å²) in [4.78, 5) is 25.5. The summed E-state index contributed by atoms with van der Waals surface area (Å²) in [5.41, 5.74) is -0.662. The molecular formula is C14H15BrClNO4. The van der Waals surface area contributed by atoms with Crippen LogP contribution >= 0.6 is 27.5 Å². The Labute approximate surface area is 136 Å². The summed E-state index contributed by atoms with van der Waals surface area (Å²) in [6.45, 7) is 0.586. The number of ether oxygens (including phenoxy) is 1. The summed E-state index contributed by atoms with van der Waals surface area (Å²) in [5, 5.41) is 9.75. The number of likely N-dealkylation sites (tertiary alicyclic amines) is 1. The van der Waals surface area contributed by atoms with Crippen molar-refractivity contribution in [1.29, 1.82) is 0 Å². The van der Waals surface area contributed by atoms with Crippen LogP contribution in [0.1, 0.15) is 16.8 Å². The van der Waals surface area contributed by atoms with Crippen LogP contribution in [0.4, 0.5) is 0 Å². The SMILES string of the molecule is COCC1(C(=O)O)CCN(C(=O)c2ccc(Br)cc2Cl)C1. The third kappa shape index (κ3) is 3.22. The Morgan fingerprint density at radius 2 is 2.24 bits per heavy atom. The number of carbonyl (C=O) groups is 2. The quantitative estimate of drug-likeness (QED) is 0.877. The average molecular weight is 377 g/mol. The number of nitrogens with zero attached hydrogens (tertiary/aromatic N) is 1. The lowest BCUT2D eigenvalue weighted by atomic mass is 9.88. The van der Waals surface area contributed by atoms with Crippen LogP contribution in [0.15, 0.2) is 22.7 Å². The average Bonchev–Trinajstić information content (AvgIpc) is 2.84. The first-order valence-corrected chi connectivity index (χ1v) is 7.53. The molecule has 1 fully saturated rings. The van der Waals surface area contributed by atoms with Gasteiger partial charge in [-0.05, 0) is 24.6 Å². The molecule has 1 aromatic rings. The Hall–Kier alpha value is -1.11. The van der Waals surface area contributed by atoms with E-state index in [0.29, 0.717) is 23.6 Å². The van der Waals surface area contributed by atoms with Gasteiger partial charge in [0, 0.05) is 24.7 Å². The number of amides is 1. The molecule has 1 atom stereocenters. The van der Waals surface area contributed by atoms with Gasteiger partial charge >= 0.3 is 5.97 Å². The molecule has 1 unspecified atom stereocenters. The zero-order valence-corrected chi connectivity index (χ0v) is 13.8. The predicted octanol–water partition coefficient (Wildman–Crippen LogP) is 2.67. The van der Waals surface area contributed by atoms with Crippen molar-refractivity contribution in [3.63, 3.8) is 0 Å². The summed E-state index contributed by atoms with van der Waals surface area (Å²) >= 11 is 9.36. The maximum Gasteiger partial charge on any atom is 0.313 e. The predicted molar refractivity (Wildman–Crippen MR) is 81.6 cm³/mol. The second-order valence-corrected chi connectivity index (χ2v) is 6.44. The number of hydrogen-bond donors (Lipinski definition) is 1. The van der Waals surface area contributed by atoms with E-state index in [1.165, 1.54) is 12.0 Å². The van der Waals surface area contributed by atoms with Crippen molar-refractivity contribution in [1.82, 2.24) is 4.90 Å². The topological polar surface area (TPSA) is 66.8 Å². The molecule has 1 aromatic carbocycles. The molecule has 1 N–H and O–H groups in total. The standard InChI is InChI=1S/C14H15BrClNO4/c1-21-8-14(13(19)20)4-5-17(7-14)12(18)10-3-2-9(15)6-11(10)16/h2-3,6H,4-5,7-8H2,1H3,(H,19,20). The van der Waals surface area contributed by atoms with Crippen molar-refractivity contribution in [2.45, 2.75) is 6.42 Å². The van der Waals surface area contributed by atoms with Crippen molar-refractivity contribution in [2.24, 2.45) is 5.41 Å². The highest BCUT2D eigenvalue weighted by Gasteiger charge is 2.46. The minimum atomic E-state index is -1.04. The number of benzene rings is 1. The Kier molecular flexibility index (Phi) is 4.91. The number of carbonyl (C=O) groups excluding carboxylic acids is 1. The van der Waals surface area contributed by atoms with E-state index >= 15 is 0 Å². The van der Waals surface area contributed by atoms with E-state index in [4.69, 9.17) is 16.3 Å². The molecule has 7 heteroatoms. The van der Waals surface area contributed by atoms with E-state index in [1.807, 2.05) is 0 Å². The summed E-state index contributed by atoms with van der Waals surface area (Å²) < 4.78 is 5.79. The van der Waals surface area contributed by atoms with Crippen LogP contribution in [-0.4, -0.2) is 48.7 Å². The number of carboxylic acids is 1. The zero-order chi connectivity index (χ0) is 15.6. The lowest BCUT2D eigenvalue weighted by Gasteiger charge is -2.24. The van der Waals surface area contributed by atoms with Crippen LogP contribution in [0.5, 0.6) is 0 Å². The molecule has 0 aromatic heterocycles. The van der Waals surface area contributed by atoms with E-state index in [2.05, 4.69) is 15.9 Å². The third-order valence-electron chi connectivity index (χ3n) is 3.68. The van der Waals surface area contributed by atoms with Crippen molar-refractivity contribution in [3.05, 3.63) is 33.3 Å². The molecule has 0 radical (unpaired) electrons. The molecule has 1 saturated heterocycles. The number of carboxylic acid groups (broad SMARTS) is 1. The number of methoxy groups -OCH3 is 1. The van der Waals surface area contributed by atoms with Crippen LogP contribution in [0.3, 0.4) is 0 Å². The highest BCUT2D eigenvalue weighted by molar-refractivity contribution is 9.10. The van der Waals surface area contributed by atoms with Crippen molar-refractivity contribution >= 4 is 39.4 Å². The van der Waals surface area contributed by atoms with Gasteiger partial charge in [0.2, 0.25) is 0 Å². The van der Waals surface area contributed by atoms with Crippen LogP contribution in [0.25, 0.3) is 0 Å². The van der Waals surface area contributed by atoms with Crippen molar-refractivity contribution < 1.29 is 19.4 Å². The molecule has 1 aliphatic heterocycles. The number of aliphatic carboxylic acids is 1. The van der Waals surface area contributed by atoms with Gasteiger partial charge in [0.25, 0.3) is 5.91 Å². The summed E-state index contributed by atoms with van der Waals surface area (Å²) in [6, 6.07) is 5.01. The van der Waals surface area contributed by atoms with Gasteiger partial charge in [-0.25, -0.2) is 0 Å². The van der Waals surface area contributed by atoms with Gasteiger partial charge in [0.15, 0.2) is 0 Å². The van der Waals surface area contributed by atoms with Crippen LogP contribution in [0.2, 0.25) is 5.02 Å². The molecule has 0 saturated carbocycles. The minimum Gasteiger partial charge on any atom is -0.481 e. The van der Waals surface area contributed by atoms with Crippen LogP contribution in [0, 0.1) is 5.41 Å². The smallest absolute Gasteiger partial charge is 0.313 e. The Morgan fingerprint density at radius 3 is 2.81 bits per heavy atom. The number of hydrogen-bond acceptors (Lipinski definition) is 3. The van der Waals surface area contributed by atoms with E-state index < -0.39 is 11.4 Å². The Balaban J connectivity index is 2.20. The molecule has 114 valence electrons. The molecule has 21 heavy (non-hydrogen) atoms. The highest BCUT2D eigenvalue weighted by Crippen LogP contribution is 2.33. The van der Waals surface area contributed by atoms with Gasteiger partial charge < -0.3 is 14.7 Å². The van der Waals surface area contributed by atoms with Crippen molar-refractivity contribution in [3.8, 4) is 0 Å². The lowest BCUT2D eigenvalue weighted by molar-refractivity contribution is -0.151. The molecule has 0 aliphatic carbocycles. The molecule has 1 aliphatic rings. The Morgan fingerprint density at radius 1 is 1.52 bits per heavy atom. The summed E-state index contributed by atoms with van der Waals surface area (Å²) in [6.07, 6.45) is 0.371. The molecule has 1 amide bonds. The monoisotopic (exact) mass is 375 g/mol. The lowest BCUT2D eigenvalue weighted by Crippen LogP contribution is -2.40. The van der Waals surface area contributed by atoms with Gasteiger partial charge in [-0.1, -0.05) is 27.5 Å². The third-order valence-corrected chi connectivity index (χ3v) is 4.48. The first kappa shape index (κ1) is 16.3. The fourth-order valence-corrected chi connectivity index (χ4v) is 3.26. The van der Waals surface area contributed by atoms with Crippen LogP contribution < -0.4 is 0 Å². The van der Waals surface area contributed by atoms with Gasteiger partial charge in [-0.2, -0.15) is 0 Å². The minimum absolute atomic E-state index is 0.0835. The van der Waals surface area contributed by atoms with Gasteiger partial charge in [-0.3, -0.25) is 9.59 Å². The fourth-order valence-electron chi connectivity index (χ4n) is 2.51. The van der Waals surface area contributed by atoms with Gasteiger partial charge in [0.1, 0.15) is 5.41 Å². The molecule has 1 heterocycles. The van der Waals surface area contributed by atoms with Crippen LogP contribution in [-0.2, 0) is 9.53 Å². The number of rotatable bonds is 4. The highest BCUT2D eigenvalue weighted by atomic mass is 79.9.